The lowest BCUT2D eigenvalue weighted by Gasteiger charge is -2.42. The summed E-state index contributed by atoms with van der Waals surface area (Å²) in [5.41, 5.74) is 1.33. The van der Waals surface area contributed by atoms with Crippen LogP contribution in [0.4, 0.5) is 4.39 Å². The lowest BCUT2D eigenvalue weighted by molar-refractivity contribution is 0.113. The topological polar surface area (TPSA) is 9.23 Å². The molecule has 2 aliphatic rings. The predicted molar refractivity (Wildman–Crippen MR) is 129 cm³/mol. The molecule has 2 aromatic rings. The Balaban J connectivity index is 1.38. The van der Waals surface area contributed by atoms with Crippen LogP contribution in [-0.2, 0) is 0 Å². The van der Waals surface area contributed by atoms with Gasteiger partial charge >= 0.3 is 0 Å². The van der Waals surface area contributed by atoms with Crippen molar-refractivity contribution in [1.29, 1.82) is 0 Å². The lowest BCUT2D eigenvalue weighted by atomic mass is 9.63. The van der Waals surface area contributed by atoms with E-state index in [0.717, 1.165) is 28.5 Å². The maximum Gasteiger partial charge on any atom is 0.134 e. The van der Waals surface area contributed by atoms with Crippen molar-refractivity contribution in [3.8, 4) is 5.75 Å². The van der Waals surface area contributed by atoms with Gasteiger partial charge in [0.05, 0.1) is 0 Å². The van der Waals surface area contributed by atoms with Crippen LogP contribution in [0.2, 0.25) is 0 Å². The molecule has 0 heterocycles. The molecule has 0 bridgehead atoms. The molecule has 168 valence electrons. The van der Waals surface area contributed by atoms with Crippen LogP contribution >= 0.6 is 0 Å². The van der Waals surface area contributed by atoms with Gasteiger partial charge in [0, 0.05) is 11.5 Å². The maximum atomic E-state index is 14.8. The van der Waals surface area contributed by atoms with E-state index in [1.165, 1.54) is 82.3 Å². The third-order valence-corrected chi connectivity index (χ3v) is 7.93. The molecule has 0 spiro atoms. The summed E-state index contributed by atoms with van der Waals surface area (Å²) in [7, 11) is 0. The first-order valence-electron chi connectivity index (χ1n) is 12.6. The Hall–Kier alpha value is -1.83. The first-order valence-corrected chi connectivity index (χ1v) is 12.6. The van der Waals surface area contributed by atoms with Gasteiger partial charge in [-0.25, -0.2) is 4.39 Å². The highest BCUT2D eigenvalue weighted by Gasteiger charge is 2.35. The smallest absolute Gasteiger partial charge is 0.134 e. The van der Waals surface area contributed by atoms with Crippen LogP contribution in [0.25, 0.3) is 10.8 Å². The Morgan fingerprint density at radius 2 is 1.84 bits per heavy atom. The summed E-state index contributed by atoms with van der Waals surface area (Å²) in [6.45, 7) is 6.35. The Kier molecular flexibility index (Phi) is 7.69. The number of hydrogen-bond donors (Lipinski definition) is 0. The van der Waals surface area contributed by atoms with Crippen LogP contribution in [-0.4, -0.2) is 6.61 Å². The summed E-state index contributed by atoms with van der Waals surface area (Å²) >= 11 is 0. The van der Waals surface area contributed by atoms with Gasteiger partial charge < -0.3 is 4.74 Å². The first kappa shape index (κ1) is 22.4. The van der Waals surface area contributed by atoms with E-state index in [1.54, 1.807) is 6.08 Å². The van der Waals surface area contributed by atoms with Crippen molar-refractivity contribution in [1.82, 2.24) is 0 Å². The van der Waals surface area contributed by atoms with Crippen molar-refractivity contribution in [2.24, 2.45) is 17.8 Å². The molecule has 1 nitrogen and oxygen atoms in total. The van der Waals surface area contributed by atoms with Crippen LogP contribution in [0.1, 0.15) is 89.0 Å². The molecule has 4 rings (SSSR count). The van der Waals surface area contributed by atoms with Crippen molar-refractivity contribution in [2.45, 2.75) is 83.5 Å². The van der Waals surface area contributed by atoms with E-state index in [2.05, 4.69) is 31.7 Å². The highest BCUT2D eigenvalue weighted by atomic mass is 19.1. The van der Waals surface area contributed by atoms with Crippen molar-refractivity contribution in [3.05, 3.63) is 54.4 Å². The molecule has 4 atom stereocenters. The molecule has 2 aliphatic carbocycles. The van der Waals surface area contributed by atoms with Crippen molar-refractivity contribution >= 4 is 10.8 Å². The fourth-order valence-electron chi connectivity index (χ4n) is 6.21. The summed E-state index contributed by atoms with van der Waals surface area (Å²) in [5, 5.41) is 1.64. The highest BCUT2D eigenvalue weighted by molar-refractivity contribution is 5.85. The fourth-order valence-corrected chi connectivity index (χ4v) is 6.21. The number of hydrogen-bond acceptors (Lipinski definition) is 1. The normalized spacial score (nSPS) is 25.9. The van der Waals surface area contributed by atoms with Crippen LogP contribution in [0, 0.1) is 23.6 Å². The minimum atomic E-state index is -0.185. The largest absolute Gasteiger partial charge is 0.489 e. The SMILES string of the molecule is C=CCOc1cc(F)c2cc([C@@H]3CC[C@@H]4CC(CCCCCC)CCC4C3)ccc2c1. The predicted octanol–water partition coefficient (Wildman–Crippen LogP) is 8.81. The van der Waals surface area contributed by atoms with Crippen molar-refractivity contribution < 1.29 is 9.13 Å². The summed E-state index contributed by atoms with van der Waals surface area (Å²) in [5.74, 6) is 3.76. The van der Waals surface area contributed by atoms with Crippen LogP contribution < -0.4 is 4.74 Å². The molecule has 31 heavy (non-hydrogen) atoms. The molecule has 2 fully saturated rings. The van der Waals surface area contributed by atoms with Gasteiger partial charge in [0.1, 0.15) is 18.2 Å². The van der Waals surface area contributed by atoms with E-state index in [4.69, 9.17) is 4.74 Å². The minimum Gasteiger partial charge on any atom is -0.489 e. The van der Waals surface area contributed by atoms with E-state index < -0.39 is 0 Å². The van der Waals surface area contributed by atoms with Crippen LogP contribution in [0.5, 0.6) is 5.75 Å². The number of benzene rings is 2. The van der Waals surface area contributed by atoms with Gasteiger partial charge in [0.15, 0.2) is 0 Å². The molecule has 0 N–H and O–H groups in total. The van der Waals surface area contributed by atoms with Gasteiger partial charge in [-0.1, -0.05) is 70.2 Å². The van der Waals surface area contributed by atoms with Gasteiger partial charge in [-0.05, 0) is 78.9 Å². The number of rotatable bonds is 9. The molecule has 2 saturated carbocycles. The van der Waals surface area contributed by atoms with E-state index in [0.29, 0.717) is 18.3 Å². The molecule has 2 unspecified atom stereocenters. The zero-order chi connectivity index (χ0) is 21.6. The first-order chi connectivity index (χ1) is 15.2. The maximum absolute atomic E-state index is 14.8. The molecule has 0 aliphatic heterocycles. The van der Waals surface area contributed by atoms with Crippen molar-refractivity contribution in [2.75, 3.05) is 6.61 Å². The second kappa shape index (κ2) is 10.7. The molecule has 0 amide bonds. The zero-order valence-electron chi connectivity index (χ0n) is 19.3. The van der Waals surface area contributed by atoms with E-state index in [-0.39, 0.29) is 5.82 Å². The minimum absolute atomic E-state index is 0.185. The quantitative estimate of drug-likeness (QED) is 0.290. The summed E-state index contributed by atoms with van der Waals surface area (Å²) in [4.78, 5) is 0. The number of unbranched alkanes of at least 4 members (excludes halogenated alkanes) is 3. The molecular formula is C29H39FO. The Labute approximate surface area is 188 Å². The molecule has 0 radical (unpaired) electrons. The molecular weight excluding hydrogens is 383 g/mol. The average Bonchev–Trinajstić information content (AvgIpc) is 2.80. The standard InChI is InChI=1S/C29H39FO/c1-3-5-6-7-8-21-9-10-23-17-24(12-11-22(23)16-21)25-13-14-26-18-27(31-15-4-2)20-29(30)28(26)19-25/h4,13-14,18-24H,2-3,5-12,15-17H2,1H3/t21?,22-,23?,24-/m1/s1. The molecule has 2 aromatic carbocycles. The summed E-state index contributed by atoms with van der Waals surface area (Å²) < 4.78 is 20.3. The molecule has 2 heteroatoms. The van der Waals surface area contributed by atoms with Gasteiger partial charge in [-0.15, -0.1) is 0 Å². The lowest BCUT2D eigenvalue weighted by Crippen LogP contribution is -2.30. The number of halogens is 1. The van der Waals surface area contributed by atoms with Gasteiger partial charge in [0.25, 0.3) is 0 Å². The summed E-state index contributed by atoms with van der Waals surface area (Å²) in [6, 6.07) is 9.85. The van der Waals surface area contributed by atoms with E-state index >= 15 is 0 Å². The zero-order valence-corrected chi connectivity index (χ0v) is 19.3. The van der Waals surface area contributed by atoms with E-state index in [1.807, 2.05) is 6.07 Å². The Bertz CT molecular complexity index is 872. The van der Waals surface area contributed by atoms with Crippen LogP contribution in [0.15, 0.2) is 43.0 Å². The monoisotopic (exact) mass is 422 g/mol. The number of ether oxygens (including phenoxy) is 1. The third-order valence-electron chi connectivity index (χ3n) is 7.93. The van der Waals surface area contributed by atoms with E-state index in [9.17, 15) is 4.39 Å². The fraction of sp³-hybridized carbons (Fsp3) is 0.586. The highest BCUT2D eigenvalue weighted by Crippen LogP contribution is 2.48. The van der Waals surface area contributed by atoms with Gasteiger partial charge in [-0.2, -0.15) is 0 Å². The third kappa shape index (κ3) is 5.51. The Morgan fingerprint density at radius 1 is 1.00 bits per heavy atom. The van der Waals surface area contributed by atoms with Crippen LogP contribution in [0.3, 0.4) is 0 Å². The summed E-state index contributed by atoms with van der Waals surface area (Å²) in [6.07, 6.45) is 16.9. The number of fused-ring (bicyclic) bond motifs is 2. The van der Waals surface area contributed by atoms with Crippen molar-refractivity contribution in [3.63, 3.8) is 0 Å². The van der Waals surface area contributed by atoms with Gasteiger partial charge in [-0.3, -0.25) is 0 Å². The second-order valence-corrected chi connectivity index (χ2v) is 10.0. The van der Waals surface area contributed by atoms with Gasteiger partial charge in [0.2, 0.25) is 0 Å². The molecule has 0 saturated heterocycles. The Morgan fingerprint density at radius 3 is 2.68 bits per heavy atom. The second-order valence-electron chi connectivity index (χ2n) is 10.0. The average molecular weight is 423 g/mol. The molecule has 0 aromatic heterocycles.